The molecule has 0 spiro atoms. The maximum atomic E-state index is 13.2. The summed E-state index contributed by atoms with van der Waals surface area (Å²) in [7, 11) is 1.64. The number of aromatic nitrogens is 1. The summed E-state index contributed by atoms with van der Waals surface area (Å²) in [6, 6.07) is 22.5. The Kier molecular flexibility index (Phi) is 6.55. The average Bonchev–Trinajstić information content (AvgIpc) is 3.28. The molecule has 3 aromatic carbocycles. The molecule has 0 bridgehead atoms. The Balaban J connectivity index is 1.31. The number of ether oxygens (including phenoxy) is 4. The third-order valence-corrected chi connectivity index (χ3v) is 6.86. The first-order valence-electron chi connectivity index (χ1n) is 12.7. The highest BCUT2D eigenvalue weighted by molar-refractivity contribution is 6.15. The van der Waals surface area contributed by atoms with Crippen LogP contribution >= 0.6 is 0 Å². The van der Waals surface area contributed by atoms with E-state index < -0.39 is 5.92 Å². The first-order chi connectivity index (χ1) is 19.1. The molecule has 0 aliphatic carbocycles. The minimum absolute atomic E-state index is 0.0987. The van der Waals surface area contributed by atoms with Crippen LogP contribution in [0.15, 0.2) is 90.9 Å². The van der Waals surface area contributed by atoms with Gasteiger partial charge in [0.05, 0.1) is 25.7 Å². The van der Waals surface area contributed by atoms with Crippen molar-refractivity contribution in [3.05, 3.63) is 119 Å². The van der Waals surface area contributed by atoms with Crippen LogP contribution < -0.4 is 18.9 Å². The largest absolute Gasteiger partial charge is 0.497 e. The first kappa shape index (κ1) is 24.4. The van der Waals surface area contributed by atoms with Crippen LogP contribution in [0.4, 0.5) is 0 Å². The number of benzene rings is 3. The minimum Gasteiger partial charge on any atom is -0.497 e. The molecule has 4 aromatic rings. The molecule has 1 aromatic heterocycles. The number of ketones is 1. The van der Waals surface area contributed by atoms with Crippen LogP contribution in [0.2, 0.25) is 0 Å². The van der Waals surface area contributed by atoms with Gasteiger partial charge in [-0.05, 0) is 53.6 Å². The number of hydrogen-bond acceptors (Lipinski definition) is 7. The van der Waals surface area contributed by atoms with E-state index in [9.17, 15) is 9.59 Å². The van der Waals surface area contributed by atoms with Gasteiger partial charge in [-0.1, -0.05) is 36.4 Å². The smallest absolute Gasteiger partial charge is 0.312 e. The van der Waals surface area contributed by atoms with E-state index >= 15 is 0 Å². The van der Waals surface area contributed by atoms with Gasteiger partial charge in [0.2, 0.25) is 5.78 Å². The molecule has 39 heavy (non-hydrogen) atoms. The number of Topliss-reactive ketones (excluding diaryl/α,β-unsaturated/α-hetero) is 1. The van der Waals surface area contributed by atoms with Gasteiger partial charge in [0.1, 0.15) is 23.0 Å². The number of carbonyl (C=O) groups is 2. The number of nitrogens with zero attached hydrogens (tertiary/aromatic N) is 1. The molecule has 0 amide bonds. The fourth-order valence-electron chi connectivity index (χ4n) is 4.96. The van der Waals surface area contributed by atoms with Crippen LogP contribution in [0.3, 0.4) is 0 Å². The monoisotopic (exact) mass is 519 g/mol. The van der Waals surface area contributed by atoms with Gasteiger partial charge >= 0.3 is 5.97 Å². The summed E-state index contributed by atoms with van der Waals surface area (Å²) < 4.78 is 23.2. The topological polar surface area (TPSA) is 84.0 Å². The highest BCUT2D eigenvalue weighted by Gasteiger charge is 2.39. The zero-order valence-corrected chi connectivity index (χ0v) is 21.3. The number of pyridine rings is 1. The van der Waals surface area contributed by atoms with E-state index in [1.165, 1.54) is 0 Å². The number of carbonyl (C=O) groups excluding carboxylic acids is 2. The number of rotatable bonds is 7. The predicted molar refractivity (Wildman–Crippen MR) is 144 cm³/mol. The SMILES string of the molecule is COc1ccc(CCOc2ccccc2[C@H]2CC(=O)Oc3ccc4c(c32)O/C(=C\c2cccnc2)C4=O)cc1. The molecule has 7 nitrogen and oxygen atoms in total. The van der Waals surface area contributed by atoms with Crippen LogP contribution in [-0.2, 0) is 11.2 Å². The summed E-state index contributed by atoms with van der Waals surface area (Å²) >= 11 is 0. The van der Waals surface area contributed by atoms with Gasteiger partial charge in [-0.25, -0.2) is 0 Å². The number of esters is 1. The van der Waals surface area contributed by atoms with Crippen molar-refractivity contribution < 1.29 is 28.5 Å². The quantitative estimate of drug-likeness (QED) is 0.174. The molecule has 2 aliphatic rings. The maximum Gasteiger partial charge on any atom is 0.312 e. The molecule has 6 rings (SSSR count). The van der Waals surface area contributed by atoms with Gasteiger partial charge < -0.3 is 18.9 Å². The van der Waals surface area contributed by atoms with Crippen molar-refractivity contribution in [2.45, 2.75) is 18.8 Å². The van der Waals surface area contributed by atoms with Gasteiger partial charge in [0.15, 0.2) is 5.76 Å². The normalized spacial score (nSPS) is 16.7. The molecule has 3 heterocycles. The molecule has 194 valence electrons. The maximum absolute atomic E-state index is 13.2. The molecular formula is C32H25NO6. The van der Waals surface area contributed by atoms with Gasteiger partial charge in [0, 0.05) is 35.9 Å². The third kappa shape index (κ3) is 4.86. The lowest BCUT2D eigenvalue weighted by atomic mass is 9.84. The zero-order chi connectivity index (χ0) is 26.8. The van der Waals surface area contributed by atoms with Crippen LogP contribution in [-0.4, -0.2) is 30.5 Å². The zero-order valence-electron chi connectivity index (χ0n) is 21.3. The lowest BCUT2D eigenvalue weighted by Crippen LogP contribution is -2.22. The molecule has 7 heteroatoms. The Hall–Kier alpha value is -4.91. The molecule has 0 N–H and O–H groups in total. The number of hydrogen-bond donors (Lipinski definition) is 0. The fourth-order valence-corrected chi connectivity index (χ4v) is 4.96. The Labute approximate surface area is 225 Å². The Morgan fingerprint density at radius 2 is 1.82 bits per heavy atom. The van der Waals surface area contributed by atoms with E-state index in [2.05, 4.69) is 4.98 Å². The van der Waals surface area contributed by atoms with Gasteiger partial charge in [0.25, 0.3) is 0 Å². The molecule has 0 saturated heterocycles. The third-order valence-electron chi connectivity index (χ3n) is 6.86. The molecule has 0 saturated carbocycles. The van der Waals surface area contributed by atoms with Gasteiger partial charge in [-0.15, -0.1) is 0 Å². The van der Waals surface area contributed by atoms with E-state index in [1.807, 2.05) is 54.6 Å². The number of para-hydroxylation sites is 1. The number of methoxy groups -OCH3 is 1. The fraction of sp³-hybridized carbons (Fsp3) is 0.156. The van der Waals surface area contributed by atoms with Crippen molar-refractivity contribution in [2.24, 2.45) is 0 Å². The number of fused-ring (bicyclic) bond motifs is 3. The van der Waals surface area contributed by atoms with Crippen molar-refractivity contribution in [1.29, 1.82) is 0 Å². The van der Waals surface area contributed by atoms with Crippen molar-refractivity contribution in [2.75, 3.05) is 13.7 Å². The summed E-state index contributed by atoms with van der Waals surface area (Å²) in [5.41, 5.74) is 3.81. The summed E-state index contributed by atoms with van der Waals surface area (Å²) in [5, 5.41) is 0. The van der Waals surface area contributed by atoms with Crippen LogP contribution in [0.5, 0.6) is 23.0 Å². The molecule has 0 unspecified atom stereocenters. The predicted octanol–water partition coefficient (Wildman–Crippen LogP) is 5.77. The highest BCUT2D eigenvalue weighted by Crippen LogP contribution is 2.50. The van der Waals surface area contributed by atoms with E-state index in [1.54, 1.807) is 43.8 Å². The Morgan fingerprint density at radius 1 is 0.974 bits per heavy atom. The Bertz CT molecular complexity index is 1580. The van der Waals surface area contributed by atoms with Crippen molar-refractivity contribution >= 4 is 17.8 Å². The summed E-state index contributed by atoms with van der Waals surface area (Å²) in [5.74, 6) is 1.50. The molecular weight excluding hydrogens is 494 g/mol. The first-order valence-corrected chi connectivity index (χ1v) is 12.7. The lowest BCUT2D eigenvalue weighted by Gasteiger charge is -2.27. The van der Waals surface area contributed by atoms with Crippen LogP contribution in [0, 0.1) is 0 Å². The van der Waals surface area contributed by atoms with E-state index in [4.69, 9.17) is 18.9 Å². The molecule has 1 atom stereocenters. The Morgan fingerprint density at radius 3 is 2.62 bits per heavy atom. The van der Waals surface area contributed by atoms with Crippen LogP contribution in [0.1, 0.15) is 45.0 Å². The molecule has 2 aliphatic heterocycles. The second kappa shape index (κ2) is 10.5. The molecule has 0 radical (unpaired) electrons. The van der Waals surface area contributed by atoms with E-state index in [0.29, 0.717) is 41.4 Å². The van der Waals surface area contributed by atoms with Crippen LogP contribution in [0.25, 0.3) is 6.08 Å². The second-order valence-corrected chi connectivity index (χ2v) is 9.30. The van der Waals surface area contributed by atoms with Crippen molar-refractivity contribution in [3.8, 4) is 23.0 Å². The van der Waals surface area contributed by atoms with E-state index in [0.717, 1.165) is 22.4 Å². The van der Waals surface area contributed by atoms with Crippen molar-refractivity contribution in [1.82, 2.24) is 4.98 Å². The number of allylic oxidation sites excluding steroid dienone is 1. The van der Waals surface area contributed by atoms with Crippen molar-refractivity contribution in [3.63, 3.8) is 0 Å². The second-order valence-electron chi connectivity index (χ2n) is 9.30. The summed E-state index contributed by atoms with van der Waals surface area (Å²) in [6.07, 6.45) is 5.80. The van der Waals surface area contributed by atoms with Gasteiger partial charge in [-0.2, -0.15) is 0 Å². The summed E-state index contributed by atoms with van der Waals surface area (Å²) in [6.45, 7) is 0.452. The standard InChI is InChI=1S/C32H25NO6/c1-36-22-10-8-20(9-11-22)14-16-37-26-7-3-2-6-23(26)25-18-29(34)38-27-13-12-24-31(35)28(39-32(24)30(25)27)17-21-5-4-15-33-19-21/h2-13,15,17,19,25H,14,16,18H2,1H3/b28-17-/t25-/m1/s1. The lowest BCUT2D eigenvalue weighted by molar-refractivity contribution is -0.135. The highest BCUT2D eigenvalue weighted by atomic mass is 16.5. The van der Waals surface area contributed by atoms with E-state index in [-0.39, 0.29) is 23.9 Å². The summed E-state index contributed by atoms with van der Waals surface area (Å²) in [4.78, 5) is 30.0. The minimum atomic E-state index is -0.404. The molecule has 0 fully saturated rings. The van der Waals surface area contributed by atoms with Gasteiger partial charge in [-0.3, -0.25) is 14.6 Å². The average molecular weight is 520 g/mol.